The van der Waals surface area contributed by atoms with Crippen LogP contribution in [0, 0.1) is 18.7 Å². The Labute approximate surface area is 174 Å². The minimum Gasteiger partial charge on any atom is -0.469 e. The number of piperidine rings is 1. The van der Waals surface area contributed by atoms with Crippen LogP contribution < -0.4 is 15.5 Å². The van der Waals surface area contributed by atoms with E-state index in [1.54, 1.807) is 18.3 Å². The molecular formula is C23H24FN3O3. The number of rotatable bonds is 4. The van der Waals surface area contributed by atoms with Crippen molar-refractivity contribution in [1.82, 2.24) is 0 Å². The van der Waals surface area contributed by atoms with E-state index < -0.39 is 0 Å². The Morgan fingerprint density at radius 2 is 2.03 bits per heavy atom. The Hall–Kier alpha value is -3.35. The summed E-state index contributed by atoms with van der Waals surface area (Å²) in [4.78, 5) is 25.9. The van der Waals surface area contributed by atoms with E-state index in [0.717, 1.165) is 16.8 Å². The molecule has 0 aliphatic carbocycles. The zero-order valence-corrected chi connectivity index (χ0v) is 17.0. The zero-order chi connectivity index (χ0) is 21.3. The van der Waals surface area contributed by atoms with Gasteiger partial charge in [0.05, 0.1) is 24.3 Å². The van der Waals surface area contributed by atoms with Gasteiger partial charge >= 0.3 is 5.97 Å². The fraction of sp³-hybridized carbons (Fsp3) is 0.304. The number of amides is 1. The topological polar surface area (TPSA) is 70.7 Å². The first-order valence-corrected chi connectivity index (χ1v) is 9.98. The van der Waals surface area contributed by atoms with Gasteiger partial charge in [0.1, 0.15) is 5.82 Å². The number of hydrogen-bond acceptors (Lipinski definition) is 5. The molecule has 0 saturated carbocycles. The second-order valence-corrected chi connectivity index (χ2v) is 7.60. The molecule has 0 radical (unpaired) electrons. The molecule has 0 aromatic heterocycles. The Balaban J connectivity index is 1.47. The summed E-state index contributed by atoms with van der Waals surface area (Å²) in [5.41, 5.74) is 4.23. The van der Waals surface area contributed by atoms with Gasteiger partial charge in [0.15, 0.2) is 0 Å². The first-order chi connectivity index (χ1) is 14.5. The van der Waals surface area contributed by atoms with Crippen molar-refractivity contribution in [3.8, 4) is 0 Å². The quantitative estimate of drug-likeness (QED) is 0.592. The lowest BCUT2D eigenvalue weighted by atomic mass is 9.96. The Morgan fingerprint density at radius 3 is 2.73 bits per heavy atom. The predicted molar refractivity (Wildman–Crippen MR) is 115 cm³/mol. The smallest absolute Gasteiger partial charge is 0.308 e. The number of esters is 1. The van der Waals surface area contributed by atoms with Gasteiger partial charge in [-0.05, 0) is 49.6 Å². The van der Waals surface area contributed by atoms with Crippen LogP contribution in [-0.2, 0) is 14.3 Å². The van der Waals surface area contributed by atoms with Crippen LogP contribution >= 0.6 is 0 Å². The van der Waals surface area contributed by atoms with Gasteiger partial charge in [0, 0.05) is 36.2 Å². The van der Waals surface area contributed by atoms with E-state index in [9.17, 15) is 14.0 Å². The second-order valence-electron chi connectivity index (χ2n) is 7.60. The van der Waals surface area contributed by atoms with Crippen LogP contribution in [0.5, 0.6) is 0 Å². The summed E-state index contributed by atoms with van der Waals surface area (Å²) in [6.45, 7) is 3.15. The van der Waals surface area contributed by atoms with Gasteiger partial charge in [-0.1, -0.05) is 12.1 Å². The fourth-order valence-corrected chi connectivity index (χ4v) is 4.10. The molecule has 2 heterocycles. The van der Waals surface area contributed by atoms with E-state index in [1.165, 1.54) is 13.2 Å². The number of halogens is 1. The predicted octanol–water partition coefficient (Wildman–Crippen LogP) is 3.93. The van der Waals surface area contributed by atoms with Crippen molar-refractivity contribution >= 4 is 34.5 Å². The molecule has 6 nitrogen and oxygen atoms in total. The molecule has 2 aromatic carbocycles. The first-order valence-electron chi connectivity index (χ1n) is 9.98. The van der Waals surface area contributed by atoms with Crippen LogP contribution in [-0.4, -0.2) is 32.1 Å². The molecule has 1 amide bonds. The van der Waals surface area contributed by atoms with Gasteiger partial charge < -0.3 is 20.3 Å². The fourth-order valence-electron chi connectivity index (χ4n) is 4.10. The molecule has 1 fully saturated rings. The molecule has 156 valence electrons. The molecular weight excluding hydrogens is 385 g/mol. The molecule has 0 spiro atoms. The standard InChI is InChI=1S/C23H24FN3O3/c1-14-4-3-5-19-21(14)17(22(28)26-19)13-25-16-6-7-20(18(24)12-16)27-10-8-15(9-11-27)23(29)30-2/h3-7,12-13,15,25H,8-11H2,1-2H3,(H,26,28). The van der Waals surface area contributed by atoms with Crippen LogP contribution in [0.3, 0.4) is 0 Å². The monoisotopic (exact) mass is 409 g/mol. The summed E-state index contributed by atoms with van der Waals surface area (Å²) >= 11 is 0. The number of carbonyl (C=O) groups excluding carboxylic acids is 2. The third-order valence-electron chi connectivity index (χ3n) is 5.74. The summed E-state index contributed by atoms with van der Waals surface area (Å²) in [6.07, 6.45) is 2.91. The van der Waals surface area contributed by atoms with E-state index in [2.05, 4.69) is 10.6 Å². The maximum absolute atomic E-state index is 14.8. The van der Waals surface area contributed by atoms with Crippen LogP contribution in [0.15, 0.2) is 42.6 Å². The van der Waals surface area contributed by atoms with Crippen molar-refractivity contribution in [2.24, 2.45) is 5.92 Å². The molecule has 2 aliphatic rings. The van der Waals surface area contributed by atoms with Crippen LogP contribution in [0.25, 0.3) is 5.57 Å². The van der Waals surface area contributed by atoms with E-state index in [4.69, 9.17) is 4.74 Å². The third kappa shape index (κ3) is 3.75. The minimum absolute atomic E-state index is 0.120. The number of aryl methyl sites for hydroxylation is 1. The zero-order valence-electron chi connectivity index (χ0n) is 17.0. The number of nitrogens with zero attached hydrogens (tertiary/aromatic N) is 1. The highest BCUT2D eigenvalue weighted by molar-refractivity contribution is 6.32. The first kappa shape index (κ1) is 19.9. The lowest BCUT2D eigenvalue weighted by Gasteiger charge is -2.32. The van der Waals surface area contributed by atoms with Crippen molar-refractivity contribution in [2.75, 3.05) is 35.7 Å². The van der Waals surface area contributed by atoms with E-state index in [0.29, 0.717) is 42.9 Å². The van der Waals surface area contributed by atoms with Gasteiger partial charge in [-0.25, -0.2) is 4.39 Å². The van der Waals surface area contributed by atoms with Crippen LogP contribution in [0.4, 0.5) is 21.5 Å². The third-order valence-corrected chi connectivity index (χ3v) is 5.74. The molecule has 0 bridgehead atoms. The summed E-state index contributed by atoms with van der Waals surface area (Å²) < 4.78 is 19.6. The number of nitrogens with one attached hydrogen (secondary N) is 2. The molecule has 1 saturated heterocycles. The number of benzene rings is 2. The van der Waals surface area contributed by atoms with Gasteiger partial charge in [-0.15, -0.1) is 0 Å². The number of hydrogen-bond donors (Lipinski definition) is 2. The molecule has 7 heteroatoms. The number of methoxy groups -OCH3 is 1. The average Bonchev–Trinajstić information content (AvgIpc) is 3.08. The van der Waals surface area contributed by atoms with Crippen LogP contribution in [0.2, 0.25) is 0 Å². The second kappa shape index (κ2) is 8.18. The normalized spacial score (nSPS) is 17.6. The molecule has 30 heavy (non-hydrogen) atoms. The van der Waals surface area contributed by atoms with Crippen LogP contribution in [0.1, 0.15) is 24.0 Å². The Morgan fingerprint density at radius 1 is 1.27 bits per heavy atom. The van der Waals surface area contributed by atoms with E-state index in [-0.39, 0.29) is 23.6 Å². The summed E-state index contributed by atoms with van der Waals surface area (Å²) in [5.74, 6) is -0.846. The lowest BCUT2D eigenvalue weighted by molar-refractivity contribution is -0.146. The average molecular weight is 409 g/mol. The minimum atomic E-state index is -0.345. The molecule has 2 aromatic rings. The van der Waals surface area contributed by atoms with E-state index >= 15 is 0 Å². The van der Waals surface area contributed by atoms with Crippen molar-refractivity contribution < 1.29 is 18.7 Å². The summed E-state index contributed by atoms with van der Waals surface area (Å²) in [6, 6.07) is 10.6. The number of ether oxygens (including phenoxy) is 1. The van der Waals surface area contributed by atoms with Gasteiger partial charge in [0.2, 0.25) is 0 Å². The number of carbonyl (C=O) groups is 2. The number of fused-ring (bicyclic) bond motifs is 1. The molecule has 0 atom stereocenters. The molecule has 2 aliphatic heterocycles. The van der Waals surface area contributed by atoms with Crippen molar-refractivity contribution in [3.05, 3.63) is 59.5 Å². The highest BCUT2D eigenvalue weighted by atomic mass is 19.1. The molecule has 4 rings (SSSR count). The largest absolute Gasteiger partial charge is 0.469 e. The highest BCUT2D eigenvalue weighted by Gasteiger charge is 2.27. The van der Waals surface area contributed by atoms with E-state index in [1.807, 2.05) is 30.0 Å². The summed E-state index contributed by atoms with van der Waals surface area (Å²) in [7, 11) is 1.39. The van der Waals surface area contributed by atoms with Gasteiger partial charge in [-0.3, -0.25) is 9.59 Å². The van der Waals surface area contributed by atoms with Crippen molar-refractivity contribution in [1.29, 1.82) is 0 Å². The maximum Gasteiger partial charge on any atom is 0.308 e. The highest BCUT2D eigenvalue weighted by Crippen LogP contribution is 2.34. The molecule has 2 N–H and O–H groups in total. The molecule has 0 unspecified atom stereocenters. The Kier molecular flexibility index (Phi) is 5.44. The summed E-state index contributed by atoms with van der Waals surface area (Å²) in [5, 5.41) is 5.89. The van der Waals surface area contributed by atoms with Gasteiger partial charge in [0.25, 0.3) is 5.91 Å². The van der Waals surface area contributed by atoms with Crippen molar-refractivity contribution in [3.63, 3.8) is 0 Å². The SMILES string of the molecule is COC(=O)C1CCN(c2ccc(NC=C3C(=O)Nc4cccc(C)c43)cc2F)CC1. The maximum atomic E-state index is 14.8. The van der Waals surface area contributed by atoms with Gasteiger partial charge in [-0.2, -0.15) is 0 Å². The van der Waals surface area contributed by atoms with Crippen molar-refractivity contribution in [2.45, 2.75) is 19.8 Å². The number of anilines is 3. The lowest BCUT2D eigenvalue weighted by Crippen LogP contribution is -2.37. The Bertz CT molecular complexity index is 1030.